The fraction of sp³-hybridized carbons (Fsp3) is 0.0909. The number of thiazole rings is 1. The van der Waals surface area contributed by atoms with Crippen LogP contribution in [0.1, 0.15) is 5.69 Å². The van der Waals surface area contributed by atoms with E-state index in [-0.39, 0.29) is 9.90 Å². The molecule has 2 aromatic rings. The number of nitrogens with two attached hydrogens (primary N) is 1. The van der Waals surface area contributed by atoms with Crippen LogP contribution in [0.25, 0.3) is 0 Å². The molecule has 1 aromatic carbocycles. The molecule has 0 unspecified atom stereocenters. The molecule has 0 bridgehead atoms. The Morgan fingerprint density at radius 1 is 1.24 bits per heavy atom. The number of amides is 2. The third-order valence-corrected chi connectivity index (χ3v) is 5.42. The number of carbonyl (C=O) groups excluding carboxylic acids is 1. The zero-order valence-electron chi connectivity index (χ0n) is 10.8. The second-order valence-electron chi connectivity index (χ2n) is 4.10. The molecule has 21 heavy (non-hydrogen) atoms. The quantitative estimate of drug-likeness (QED) is 0.667. The van der Waals surface area contributed by atoms with E-state index in [1.165, 1.54) is 31.2 Å². The molecule has 0 radical (unpaired) electrons. The number of aryl methyl sites for hydroxylation is 1. The van der Waals surface area contributed by atoms with Gasteiger partial charge in [-0.15, -0.1) is 0 Å². The number of hydrogen-bond acceptors (Lipinski definition) is 5. The highest BCUT2D eigenvalue weighted by molar-refractivity contribution is 7.94. The zero-order chi connectivity index (χ0) is 15.6. The van der Waals surface area contributed by atoms with Gasteiger partial charge >= 0.3 is 10.9 Å². The van der Waals surface area contributed by atoms with Gasteiger partial charge in [-0.25, -0.2) is 13.2 Å². The molecule has 1 aromatic heterocycles. The lowest BCUT2D eigenvalue weighted by atomic mass is 10.3. The third kappa shape index (κ3) is 3.61. The molecule has 0 aliphatic rings. The molecule has 0 saturated carbocycles. The summed E-state index contributed by atoms with van der Waals surface area (Å²) in [5.74, 6) is 0. The predicted molar refractivity (Wildman–Crippen MR) is 80.1 cm³/mol. The Morgan fingerprint density at radius 3 is 2.29 bits per heavy atom. The van der Waals surface area contributed by atoms with Gasteiger partial charge in [0.1, 0.15) is 0 Å². The minimum Gasteiger partial charge on any atom is -0.351 e. The minimum atomic E-state index is -3.83. The Bertz CT molecular complexity index is 821. The number of aromatic amines is 1. The van der Waals surface area contributed by atoms with E-state index in [2.05, 4.69) is 15.0 Å². The van der Waals surface area contributed by atoms with E-state index in [0.717, 1.165) is 0 Å². The predicted octanol–water partition coefficient (Wildman–Crippen LogP) is 1.04. The van der Waals surface area contributed by atoms with Crippen molar-refractivity contribution in [1.29, 1.82) is 0 Å². The van der Waals surface area contributed by atoms with Crippen molar-refractivity contribution in [2.75, 3.05) is 10.0 Å². The Hall–Kier alpha value is -2.33. The van der Waals surface area contributed by atoms with Gasteiger partial charge in [0.05, 0.1) is 0 Å². The van der Waals surface area contributed by atoms with Crippen molar-refractivity contribution in [2.45, 2.75) is 11.1 Å². The summed E-state index contributed by atoms with van der Waals surface area (Å²) in [6, 6.07) is 5.21. The van der Waals surface area contributed by atoms with Crippen LogP contribution in [-0.2, 0) is 10.0 Å². The number of primary amides is 1. The average Bonchev–Trinajstić information content (AvgIpc) is 2.71. The van der Waals surface area contributed by atoms with Gasteiger partial charge in [0, 0.05) is 17.1 Å². The first-order valence-electron chi connectivity index (χ1n) is 5.67. The van der Waals surface area contributed by atoms with Crippen LogP contribution in [0.5, 0.6) is 0 Å². The maximum Gasteiger partial charge on any atom is 0.316 e. The summed E-state index contributed by atoms with van der Waals surface area (Å²) in [5, 5.41) is 2.36. The van der Waals surface area contributed by atoms with Gasteiger partial charge in [0.2, 0.25) is 0 Å². The molecule has 5 N–H and O–H groups in total. The number of urea groups is 1. The van der Waals surface area contributed by atoms with Crippen LogP contribution >= 0.6 is 11.3 Å². The van der Waals surface area contributed by atoms with Crippen LogP contribution in [0.2, 0.25) is 0 Å². The van der Waals surface area contributed by atoms with Gasteiger partial charge in [0.25, 0.3) is 10.0 Å². The maximum atomic E-state index is 12.1. The van der Waals surface area contributed by atoms with Crippen molar-refractivity contribution in [3.05, 3.63) is 39.6 Å². The number of nitrogens with one attached hydrogen (secondary N) is 3. The highest BCUT2D eigenvalue weighted by Gasteiger charge is 2.20. The molecular formula is C11H12N4O4S2. The van der Waals surface area contributed by atoms with Crippen LogP contribution in [0.4, 0.5) is 16.2 Å². The van der Waals surface area contributed by atoms with Crippen molar-refractivity contribution in [3.8, 4) is 0 Å². The van der Waals surface area contributed by atoms with E-state index >= 15 is 0 Å². The lowest BCUT2D eigenvalue weighted by Gasteiger charge is -2.08. The van der Waals surface area contributed by atoms with Gasteiger partial charge in [0.15, 0.2) is 4.21 Å². The lowest BCUT2D eigenvalue weighted by Crippen LogP contribution is -2.19. The van der Waals surface area contributed by atoms with E-state index in [9.17, 15) is 18.0 Å². The molecule has 0 spiro atoms. The summed E-state index contributed by atoms with van der Waals surface area (Å²) in [5.41, 5.74) is 5.98. The molecule has 2 rings (SSSR count). The van der Waals surface area contributed by atoms with Crippen molar-refractivity contribution in [1.82, 2.24) is 4.98 Å². The smallest absolute Gasteiger partial charge is 0.316 e. The number of benzene rings is 1. The number of anilines is 2. The van der Waals surface area contributed by atoms with Gasteiger partial charge in [-0.1, -0.05) is 11.3 Å². The fourth-order valence-electron chi connectivity index (χ4n) is 1.61. The lowest BCUT2D eigenvalue weighted by molar-refractivity contribution is 0.259. The number of aromatic nitrogens is 1. The molecule has 0 saturated heterocycles. The second kappa shape index (κ2) is 5.58. The van der Waals surface area contributed by atoms with Gasteiger partial charge in [-0.2, -0.15) is 0 Å². The first-order chi connectivity index (χ1) is 9.78. The van der Waals surface area contributed by atoms with Crippen molar-refractivity contribution >= 4 is 38.8 Å². The van der Waals surface area contributed by atoms with Crippen LogP contribution in [0.3, 0.4) is 0 Å². The van der Waals surface area contributed by atoms with E-state index in [1.807, 2.05) is 0 Å². The van der Waals surface area contributed by atoms with E-state index in [1.54, 1.807) is 0 Å². The number of carbonyl (C=O) groups is 1. The van der Waals surface area contributed by atoms with E-state index in [4.69, 9.17) is 5.73 Å². The monoisotopic (exact) mass is 328 g/mol. The van der Waals surface area contributed by atoms with E-state index < -0.39 is 20.9 Å². The van der Waals surface area contributed by atoms with Crippen molar-refractivity contribution in [2.24, 2.45) is 5.73 Å². The molecule has 8 nitrogen and oxygen atoms in total. The Kier molecular flexibility index (Phi) is 4.00. The van der Waals surface area contributed by atoms with Gasteiger partial charge in [-0.3, -0.25) is 9.52 Å². The molecular weight excluding hydrogens is 316 g/mol. The molecule has 0 aliphatic heterocycles. The molecule has 0 atom stereocenters. The molecule has 0 fully saturated rings. The van der Waals surface area contributed by atoms with Gasteiger partial charge in [-0.05, 0) is 31.2 Å². The zero-order valence-corrected chi connectivity index (χ0v) is 12.5. The largest absolute Gasteiger partial charge is 0.351 e. The highest BCUT2D eigenvalue weighted by Crippen LogP contribution is 2.21. The molecule has 0 aliphatic carbocycles. The Balaban J connectivity index is 2.23. The number of rotatable bonds is 4. The highest BCUT2D eigenvalue weighted by atomic mass is 32.2. The van der Waals surface area contributed by atoms with Gasteiger partial charge < -0.3 is 16.0 Å². The van der Waals surface area contributed by atoms with Crippen molar-refractivity contribution in [3.63, 3.8) is 0 Å². The van der Waals surface area contributed by atoms with Crippen molar-refractivity contribution < 1.29 is 13.2 Å². The Morgan fingerprint density at radius 2 is 1.81 bits per heavy atom. The molecule has 10 heteroatoms. The number of H-pyrrole nitrogens is 1. The minimum absolute atomic E-state index is 0.0631. The summed E-state index contributed by atoms with van der Waals surface area (Å²) in [7, 11) is -3.83. The maximum absolute atomic E-state index is 12.1. The molecule has 2 amide bonds. The van der Waals surface area contributed by atoms with E-state index in [0.29, 0.717) is 22.7 Å². The van der Waals surface area contributed by atoms with Crippen LogP contribution in [0.15, 0.2) is 33.3 Å². The number of hydrogen-bond donors (Lipinski definition) is 4. The fourth-order valence-corrected chi connectivity index (χ4v) is 3.97. The average molecular weight is 328 g/mol. The van der Waals surface area contributed by atoms with Crippen LogP contribution < -0.4 is 20.6 Å². The topological polar surface area (TPSA) is 134 Å². The first-order valence-corrected chi connectivity index (χ1v) is 7.97. The summed E-state index contributed by atoms with van der Waals surface area (Å²) in [6.07, 6.45) is 0. The number of sulfonamides is 1. The summed E-state index contributed by atoms with van der Waals surface area (Å²) in [6.45, 7) is 1.51. The first kappa shape index (κ1) is 15.1. The van der Waals surface area contributed by atoms with Crippen LogP contribution in [-0.4, -0.2) is 19.4 Å². The SMILES string of the molecule is Cc1[nH]c(=O)sc1S(=O)(=O)Nc1ccc(NC(N)=O)cc1. The normalized spacial score (nSPS) is 11.1. The second-order valence-corrected chi connectivity index (χ2v) is 6.96. The summed E-state index contributed by atoms with van der Waals surface area (Å²) in [4.78, 5) is 23.8. The molecule has 1 heterocycles. The summed E-state index contributed by atoms with van der Waals surface area (Å²) < 4.78 is 26.6. The molecule has 112 valence electrons. The third-order valence-electron chi connectivity index (χ3n) is 2.43. The standard InChI is InChI=1S/C11H12N4O4S2/c1-6-9(20-11(17)13-6)21(18,19)15-8-4-2-7(3-5-8)14-10(12)16/h2-5,15H,1H3,(H,13,17)(H3,12,14,16). The summed E-state index contributed by atoms with van der Waals surface area (Å²) >= 11 is 0.617. The Labute approximate surface area is 124 Å². The van der Waals surface area contributed by atoms with Crippen LogP contribution in [0, 0.1) is 6.92 Å².